The van der Waals surface area contributed by atoms with E-state index < -0.39 is 18.1 Å². The molecule has 0 radical (unpaired) electrons. The zero-order chi connectivity index (χ0) is 7.44. The van der Waals surface area contributed by atoms with Gasteiger partial charge >= 0.3 is 0 Å². The molecular formula is C4H9ClN2O2. The van der Waals surface area contributed by atoms with Crippen LogP contribution in [-0.4, -0.2) is 23.2 Å². The Morgan fingerprint density at radius 1 is 1.89 bits per heavy atom. The Balaban J connectivity index is 3.83. The summed E-state index contributed by atoms with van der Waals surface area (Å²) >= 11 is 5.05. The molecule has 0 aromatic rings. The predicted octanol–water partition coefficient (Wildman–Crippen LogP) is -1.04. The highest BCUT2D eigenvalue weighted by molar-refractivity contribution is 6.15. The summed E-state index contributed by atoms with van der Waals surface area (Å²) in [6.45, 7) is 1.42. The molecule has 0 aliphatic rings. The number of hydrogen-bond donors (Lipinski definition) is 3. The Labute approximate surface area is 58.1 Å². The molecule has 0 aliphatic carbocycles. The van der Waals surface area contributed by atoms with Gasteiger partial charge in [-0.25, -0.2) is 4.84 Å². The highest BCUT2D eigenvalue weighted by Gasteiger charge is 2.18. The second-order valence-electron chi connectivity index (χ2n) is 1.73. The third-order valence-corrected chi connectivity index (χ3v) is 1.14. The molecule has 2 atom stereocenters. The molecule has 0 aromatic carbocycles. The fourth-order valence-corrected chi connectivity index (χ4v) is 0.673. The van der Waals surface area contributed by atoms with Gasteiger partial charge in [0.25, 0.3) is 0 Å². The number of amides is 1. The van der Waals surface area contributed by atoms with E-state index in [1.807, 2.05) is 4.84 Å². The standard InChI is InChI=1S/C4H9ClN2O2/c1-2(8)3(7-5)4(6)9/h2-3,7-8H,1H3,(H2,6,9)/t2-,3-/m0/s1. The van der Waals surface area contributed by atoms with E-state index in [1.54, 1.807) is 0 Å². The van der Waals surface area contributed by atoms with Gasteiger partial charge in [-0.2, -0.15) is 0 Å². The number of primary amides is 1. The maximum Gasteiger partial charge on any atom is 0.238 e. The van der Waals surface area contributed by atoms with Gasteiger partial charge < -0.3 is 10.8 Å². The van der Waals surface area contributed by atoms with Gasteiger partial charge in [0, 0.05) is 0 Å². The molecule has 0 rings (SSSR count). The molecule has 0 unspecified atom stereocenters. The van der Waals surface area contributed by atoms with Gasteiger partial charge in [-0.1, -0.05) is 0 Å². The molecule has 0 bridgehead atoms. The summed E-state index contributed by atoms with van der Waals surface area (Å²) in [5.74, 6) is -0.667. The molecule has 0 spiro atoms. The Hall–Kier alpha value is -0.320. The maximum absolute atomic E-state index is 10.3. The van der Waals surface area contributed by atoms with Gasteiger partial charge in [-0.3, -0.25) is 4.79 Å². The summed E-state index contributed by atoms with van der Waals surface area (Å²) < 4.78 is 0. The minimum Gasteiger partial charge on any atom is -0.391 e. The van der Waals surface area contributed by atoms with Crippen LogP contribution in [0.25, 0.3) is 0 Å². The number of rotatable bonds is 3. The van der Waals surface area contributed by atoms with Gasteiger partial charge in [0.05, 0.1) is 6.10 Å². The van der Waals surface area contributed by atoms with Crippen molar-refractivity contribution < 1.29 is 9.90 Å². The van der Waals surface area contributed by atoms with Crippen molar-refractivity contribution in [1.82, 2.24) is 4.84 Å². The summed E-state index contributed by atoms with van der Waals surface area (Å²) in [7, 11) is 0. The molecule has 9 heavy (non-hydrogen) atoms. The molecule has 54 valence electrons. The molecule has 5 heteroatoms. The quantitative estimate of drug-likeness (QED) is 0.453. The zero-order valence-corrected chi connectivity index (χ0v) is 5.72. The van der Waals surface area contributed by atoms with Gasteiger partial charge in [-0.15, -0.1) is 0 Å². The Morgan fingerprint density at radius 3 is 2.33 bits per heavy atom. The van der Waals surface area contributed by atoms with Crippen LogP contribution in [0.3, 0.4) is 0 Å². The lowest BCUT2D eigenvalue weighted by Crippen LogP contribution is -2.44. The average molecular weight is 153 g/mol. The highest BCUT2D eigenvalue weighted by Crippen LogP contribution is 1.91. The molecule has 4 nitrogen and oxygen atoms in total. The van der Waals surface area contributed by atoms with Crippen molar-refractivity contribution in [1.29, 1.82) is 0 Å². The normalized spacial score (nSPS) is 16.8. The van der Waals surface area contributed by atoms with E-state index in [2.05, 4.69) is 0 Å². The highest BCUT2D eigenvalue weighted by atomic mass is 35.5. The van der Waals surface area contributed by atoms with Crippen molar-refractivity contribution in [2.45, 2.75) is 19.1 Å². The second-order valence-corrected chi connectivity index (χ2v) is 1.95. The first kappa shape index (κ1) is 8.68. The van der Waals surface area contributed by atoms with Crippen LogP contribution in [0.1, 0.15) is 6.92 Å². The van der Waals surface area contributed by atoms with E-state index in [0.29, 0.717) is 0 Å². The molecule has 4 N–H and O–H groups in total. The van der Waals surface area contributed by atoms with E-state index in [-0.39, 0.29) is 0 Å². The molecule has 0 saturated heterocycles. The third-order valence-electron chi connectivity index (χ3n) is 0.906. The molecular weight excluding hydrogens is 144 g/mol. The number of hydrogen-bond acceptors (Lipinski definition) is 3. The summed E-state index contributed by atoms with van der Waals surface area (Å²) in [6, 6.07) is -0.869. The maximum atomic E-state index is 10.3. The molecule has 0 saturated carbocycles. The topological polar surface area (TPSA) is 75.3 Å². The van der Waals surface area contributed by atoms with Crippen molar-refractivity contribution in [3.63, 3.8) is 0 Å². The fraction of sp³-hybridized carbons (Fsp3) is 0.750. The number of carbonyl (C=O) groups excluding carboxylic acids is 1. The minimum absolute atomic E-state index is 0.667. The number of carbonyl (C=O) groups is 1. The zero-order valence-electron chi connectivity index (χ0n) is 4.97. The van der Waals surface area contributed by atoms with Crippen molar-refractivity contribution in [2.24, 2.45) is 5.73 Å². The van der Waals surface area contributed by atoms with Gasteiger partial charge in [-0.05, 0) is 18.7 Å². The fourth-order valence-electron chi connectivity index (χ4n) is 0.383. The largest absolute Gasteiger partial charge is 0.391 e. The van der Waals surface area contributed by atoms with Crippen LogP contribution in [0.5, 0.6) is 0 Å². The second kappa shape index (κ2) is 3.66. The number of aliphatic hydroxyl groups is 1. The molecule has 1 amide bonds. The number of aliphatic hydroxyl groups excluding tert-OH is 1. The lowest BCUT2D eigenvalue weighted by molar-refractivity contribution is -0.121. The van der Waals surface area contributed by atoms with Crippen molar-refractivity contribution in [3.05, 3.63) is 0 Å². The van der Waals surface area contributed by atoms with Gasteiger partial charge in [0.1, 0.15) is 6.04 Å². The Bertz CT molecular complexity index is 107. The lowest BCUT2D eigenvalue weighted by Gasteiger charge is -2.12. The Morgan fingerprint density at radius 2 is 2.33 bits per heavy atom. The van der Waals surface area contributed by atoms with E-state index in [9.17, 15) is 4.79 Å². The van der Waals surface area contributed by atoms with Crippen LogP contribution in [0, 0.1) is 0 Å². The first-order chi connectivity index (χ1) is 4.09. The van der Waals surface area contributed by atoms with Crippen molar-refractivity contribution in [2.75, 3.05) is 0 Å². The van der Waals surface area contributed by atoms with Crippen LogP contribution in [0.2, 0.25) is 0 Å². The van der Waals surface area contributed by atoms with Gasteiger partial charge in [0.15, 0.2) is 0 Å². The summed E-state index contributed by atoms with van der Waals surface area (Å²) in [5, 5.41) is 8.73. The first-order valence-corrected chi connectivity index (χ1v) is 2.81. The monoisotopic (exact) mass is 152 g/mol. The number of nitrogens with one attached hydrogen (secondary N) is 1. The smallest absolute Gasteiger partial charge is 0.238 e. The van der Waals surface area contributed by atoms with Gasteiger partial charge in [0.2, 0.25) is 5.91 Å². The first-order valence-electron chi connectivity index (χ1n) is 2.43. The van der Waals surface area contributed by atoms with E-state index in [0.717, 1.165) is 0 Å². The summed E-state index contributed by atoms with van der Waals surface area (Å²) in [5.41, 5.74) is 4.80. The minimum atomic E-state index is -0.869. The summed E-state index contributed by atoms with van der Waals surface area (Å²) in [4.78, 5) is 12.3. The van der Waals surface area contributed by atoms with Crippen LogP contribution in [0.15, 0.2) is 0 Å². The van der Waals surface area contributed by atoms with Crippen LogP contribution in [-0.2, 0) is 4.79 Å². The van der Waals surface area contributed by atoms with E-state index in [4.69, 9.17) is 22.6 Å². The van der Waals surface area contributed by atoms with Crippen LogP contribution >= 0.6 is 11.8 Å². The van der Waals surface area contributed by atoms with E-state index >= 15 is 0 Å². The molecule has 0 fully saturated rings. The van der Waals surface area contributed by atoms with Crippen molar-refractivity contribution >= 4 is 17.7 Å². The van der Waals surface area contributed by atoms with Crippen LogP contribution < -0.4 is 10.6 Å². The summed E-state index contributed by atoms with van der Waals surface area (Å²) in [6.07, 6.45) is -0.861. The molecule has 0 aliphatic heterocycles. The SMILES string of the molecule is C[C@H](O)[C@H](NCl)C(N)=O. The van der Waals surface area contributed by atoms with Crippen molar-refractivity contribution in [3.8, 4) is 0 Å². The predicted molar refractivity (Wildman–Crippen MR) is 33.7 cm³/mol. The number of halogens is 1. The van der Waals surface area contributed by atoms with Crippen LogP contribution in [0.4, 0.5) is 0 Å². The third kappa shape index (κ3) is 2.64. The molecule has 0 heterocycles. The van der Waals surface area contributed by atoms with E-state index in [1.165, 1.54) is 6.92 Å². The average Bonchev–Trinajstić information content (AvgIpc) is 1.64. The Kier molecular flexibility index (Phi) is 3.53. The number of nitrogens with two attached hydrogens (primary N) is 1. The lowest BCUT2D eigenvalue weighted by atomic mass is 10.2. The molecule has 0 aromatic heterocycles.